The normalized spacial score (nSPS) is 19.1. The van der Waals surface area contributed by atoms with Gasteiger partial charge in [0, 0.05) is 23.3 Å². The van der Waals surface area contributed by atoms with E-state index in [4.69, 9.17) is 0 Å². The molecule has 1 aromatic rings. The molecular formula is C14H19NO. The number of ketones is 1. The van der Waals surface area contributed by atoms with Gasteiger partial charge in [-0.2, -0.15) is 0 Å². The zero-order valence-electron chi connectivity index (χ0n) is 10.4. The number of fused-ring (bicyclic) bond motifs is 1. The number of carbonyl (C=O) groups is 1. The van der Waals surface area contributed by atoms with Gasteiger partial charge in [0.25, 0.3) is 0 Å². The van der Waals surface area contributed by atoms with E-state index >= 15 is 0 Å². The molecule has 0 aromatic heterocycles. The van der Waals surface area contributed by atoms with Crippen molar-refractivity contribution in [3.63, 3.8) is 0 Å². The molecule has 1 unspecified atom stereocenters. The molecule has 0 radical (unpaired) electrons. The SMILES string of the molecule is CC(=O)c1cccc2c1CC(C)N2C(C)C. The number of hydrogen-bond acceptors (Lipinski definition) is 2. The smallest absolute Gasteiger partial charge is 0.160 e. The quantitative estimate of drug-likeness (QED) is 0.710. The van der Waals surface area contributed by atoms with Crippen molar-refractivity contribution >= 4 is 11.5 Å². The van der Waals surface area contributed by atoms with Crippen LogP contribution in [0.15, 0.2) is 18.2 Å². The van der Waals surface area contributed by atoms with Gasteiger partial charge in [-0.15, -0.1) is 0 Å². The van der Waals surface area contributed by atoms with Crippen LogP contribution in [0.5, 0.6) is 0 Å². The van der Waals surface area contributed by atoms with E-state index in [1.807, 2.05) is 12.1 Å². The van der Waals surface area contributed by atoms with E-state index in [0.717, 1.165) is 12.0 Å². The highest BCUT2D eigenvalue weighted by atomic mass is 16.1. The lowest BCUT2D eigenvalue weighted by molar-refractivity contribution is 0.101. The van der Waals surface area contributed by atoms with Crippen molar-refractivity contribution in [3.05, 3.63) is 29.3 Å². The van der Waals surface area contributed by atoms with Crippen LogP contribution in [0.2, 0.25) is 0 Å². The lowest BCUT2D eigenvalue weighted by Gasteiger charge is -2.29. The summed E-state index contributed by atoms with van der Waals surface area (Å²) in [4.78, 5) is 14.0. The number of nitrogens with zero attached hydrogens (tertiary/aromatic N) is 1. The Morgan fingerprint density at radius 3 is 2.69 bits per heavy atom. The molecule has 0 bridgehead atoms. The topological polar surface area (TPSA) is 20.3 Å². The zero-order chi connectivity index (χ0) is 11.9. The molecule has 86 valence electrons. The summed E-state index contributed by atoms with van der Waals surface area (Å²) < 4.78 is 0. The van der Waals surface area contributed by atoms with Gasteiger partial charge in [0.1, 0.15) is 0 Å². The van der Waals surface area contributed by atoms with Crippen LogP contribution >= 0.6 is 0 Å². The van der Waals surface area contributed by atoms with Gasteiger partial charge in [0.05, 0.1) is 0 Å². The fourth-order valence-corrected chi connectivity index (χ4v) is 2.78. The Morgan fingerprint density at radius 2 is 2.12 bits per heavy atom. The van der Waals surface area contributed by atoms with Crippen molar-refractivity contribution in [3.8, 4) is 0 Å². The predicted octanol–water partition coefficient (Wildman–Crippen LogP) is 3.05. The molecule has 1 heterocycles. The summed E-state index contributed by atoms with van der Waals surface area (Å²) in [5, 5.41) is 0. The molecule has 16 heavy (non-hydrogen) atoms. The number of hydrogen-bond donors (Lipinski definition) is 0. The lowest BCUT2D eigenvalue weighted by atomic mass is 10.0. The molecule has 0 saturated heterocycles. The third-order valence-electron chi connectivity index (χ3n) is 3.34. The third kappa shape index (κ3) is 1.62. The summed E-state index contributed by atoms with van der Waals surface area (Å²) in [5.74, 6) is 0.176. The lowest BCUT2D eigenvalue weighted by Crippen LogP contribution is -2.35. The second-order valence-corrected chi connectivity index (χ2v) is 4.91. The minimum atomic E-state index is 0.176. The number of carbonyl (C=O) groups excluding carboxylic acids is 1. The Hall–Kier alpha value is -1.31. The molecular weight excluding hydrogens is 198 g/mol. The molecule has 0 aliphatic carbocycles. The minimum absolute atomic E-state index is 0.176. The molecule has 0 fully saturated rings. The van der Waals surface area contributed by atoms with Crippen LogP contribution in [-0.2, 0) is 6.42 Å². The molecule has 0 amide bonds. The van der Waals surface area contributed by atoms with Gasteiger partial charge in [0.15, 0.2) is 5.78 Å². The summed E-state index contributed by atoms with van der Waals surface area (Å²) in [7, 11) is 0. The van der Waals surface area contributed by atoms with E-state index in [0.29, 0.717) is 12.1 Å². The van der Waals surface area contributed by atoms with E-state index < -0.39 is 0 Å². The van der Waals surface area contributed by atoms with E-state index in [1.165, 1.54) is 11.3 Å². The number of Topliss-reactive ketones (excluding diaryl/α,β-unsaturated/α-hetero) is 1. The summed E-state index contributed by atoms with van der Waals surface area (Å²) in [6.07, 6.45) is 0.989. The van der Waals surface area contributed by atoms with Crippen LogP contribution < -0.4 is 4.90 Å². The van der Waals surface area contributed by atoms with Crippen molar-refractivity contribution in [1.82, 2.24) is 0 Å². The summed E-state index contributed by atoms with van der Waals surface area (Å²) in [6, 6.07) is 7.04. The first kappa shape index (κ1) is 11.2. The maximum atomic E-state index is 11.6. The first-order valence-corrected chi connectivity index (χ1v) is 5.93. The fourth-order valence-electron chi connectivity index (χ4n) is 2.78. The Kier molecular flexibility index (Phi) is 2.75. The van der Waals surface area contributed by atoms with Crippen LogP contribution in [-0.4, -0.2) is 17.9 Å². The molecule has 1 aromatic carbocycles. The Bertz CT molecular complexity index is 423. The maximum Gasteiger partial charge on any atom is 0.160 e. The highest BCUT2D eigenvalue weighted by Crippen LogP contribution is 2.35. The molecule has 1 aliphatic rings. The van der Waals surface area contributed by atoms with Gasteiger partial charge in [-0.3, -0.25) is 4.79 Å². The van der Waals surface area contributed by atoms with Gasteiger partial charge in [-0.1, -0.05) is 12.1 Å². The number of anilines is 1. The van der Waals surface area contributed by atoms with Gasteiger partial charge in [-0.25, -0.2) is 0 Å². The molecule has 1 atom stereocenters. The van der Waals surface area contributed by atoms with Crippen molar-refractivity contribution in [1.29, 1.82) is 0 Å². The molecule has 1 aliphatic heterocycles. The molecule has 2 rings (SSSR count). The Labute approximate surface area is 97.3 Å². The van der Waals surface area contributed by atoms with Crippen LogP contribution in [0.3, 0.4) is 0 Å². The van der Waals surface area contributed by atoms with E-state index in [2.05, 4.69) is 31.7 Å². The first-order chi connectivity index (χ1) is 7.52. The van der Waals surface area contributed by atoms with Gasteiger partial charge < -0.3 is 4.90 Å². The van der Waals surface area contributed by atoms with Crippen molar-refractivity contribution in [2.75, 3.05) is 4.90 Å². The zero-order valence-corrected chi connectivity index (χ0v) is 10.4. The summed E-state index contributed by atoms with van der Waals surface area (Å²) in [5.41, 5.74) is 3.37. The van der Waals surface area contributed by atoms with Gasteiger partial charge in [-0.05, 0) is 45.7 Å². The molecule has 0 N–H and O–H groups in total. The highest BCUT2D eigenvalue weighted by Gasteiger charge is 2.30. The monoisotopic (exact) mass is 217 g/mol. The second kappa shape index (κ2) is 3.93. The summed E-state index contributed by atoms with van der Waals surface area (Å²) in [6.45, 7) is 8.28. The van der Waals surface area contributed by atoms with Crippen molar-refractivity contribution in [2.24, 2.45) is 0 Å². The minimum Gasteiger partial charge on any atom is -0.366 e. The number of benzene rings is 1. The van der Waals surface area contributed by atoms with Crippen LogP contribution in [0.25, 0.3) is 0 Å². The predicted molar refractivity (Wildman–Crippen MR) is 67.2 cm³/mol. The average Bonchev–Trinajstić information content (AvgIpc) is 2.52. The first-order valence-electron chi connectivity index (χ1n) is 5.93. The fraction of sp³-hybridized carbons (Fsp3) is 0.500. The molecule has 2 heteroatoms. The molecule has 0 saturated carbocycles. The maximum absolute atomic E-state index is 11.6. The van der Waals surface area contributed by atoms with E-state index in [9.17, 15) is 4.79 Å². The Morgan fingerprint density at radius 1 is 1.44 bits per heavy atom. The van der Waals surface area contributed by atoms with E-state index in [1.54, 1.807) is 6.92 Å². The van der Waals surface area contributed by atoms with Crippen molar-refractivity contribution in [2.45, 2.75) is 46.2 Å². The van der Waals surface area contributed by atoms with Crippen LogP contribution in [0.4, 0.5) is 5.69 Å². The van der Waals surface area contributed by atoms with Crippen LogP contribution in [0, 0.1) is 0 Å². The second-order valence-electron chi connectivity index (χ2n) is 4.91. The van der Waals surface area contributed by atoms with Crippen molar-refractivity contribution < 1.29 is 4.79 Å². The summed E-state index contributed by atoms with van der Waals surface area (Å²) >= 11 is 0. The number of rotatable bonds is 2. The standard InChI is InChI=1S/C14H19NO/c1-9(2)15-10(3)8-13-12(11(4)16)6-5-7-14(13)15/h5-7,9-10H,8H2,1-4H3. The Balaban J connectivity index is 2.52. The van der Waals surface area contributed by atoms with Crippen LogP contribution in [0.1, 0.15) is 43.6 Å². The average molecular weight is 217 g/mol. The molecule has 0 spiro atoms. The third-order valence-corrected chi connectivity index (χ3v) is 3.34. The van der Waals surface area contributed by atoms with Gasteiger partial charge >= 0.3 is 0 Å². The largest absolute Gasteiger partial charge is 0.366 e. The molecule has 2 nitrogen and oxygen atoms in total. The van der Waals surface area contributed by atoms with Gasteiger partial charge in [0.2, 0.25) is 0 Å². The van der Waals surface area contributed by atoms with E-state index in [-0.39, 0.29) is 5.78 Å². The highest BCUT2D eigenvalue weighted by molar-refractivity contribution is 5.97.